The average Bonchev–Trinajstić information content (AvgIpc) is 3.32. The summed E-state index contributed by atoms with van der Waals surface area (Å²) in [5.74, 6) is 1.72. The van der Waals surface area contributed by atoms with E-state index in [0.29, 0.717) is 22.2 Å². The van der Waals surface area contributed by atoms with Crippen LogP contribution in [0.25, 0.3) is 11.3 Å². The van der Waals surface area contributed by atoms with E-state index in [0.717, 1.165) is 37.4 Å². The number of anilines is 1. The highest BCUT2D eigenvalue weighted by atomic mass is 35.5. The second kappa shape index (κ2) is 5.98. The second-order valence-corrected chi connectivity index (χ2v) is 5.73. The van der Waals surface area contributed by atoms with Crippen LogP contribution in [0.4, 0.5) is 10.2 Å². The van der Waals surface area contributed by atoms with Gasteiger partial charge in [-0.25, -0.2) is 14.4 Å². The normalized spacial score (nSPS) is 14.2. The van der Waals surface area contributed by atoms with Crippen molar-refractivity contribution < 1.29 is 4.39 Å². The maximum atomic E-state index is 13.5. The van der Waals surface area contributed by atoms with Crippen molar-refractivity contribution in [2.45, 2.75) is 32.1 Å². The molecule has 0 bridgehead atoms. The molecule has 110 valence electrons. The summed E-state index contributed by atoms with van der Waals surface area (Å²) < 4.78 is 13.5. The highest BCUT2D eigenvalue weighted by Gasteiger charge is 2.27. The summed E-state index contributed by atoms with van der Waals surface area (Å²) in [5.41, 5.74) is 1.29. The summed E-state index contributed by atoms with van der Waals surface area (Å²) in [6.07, 6.45) is 3.25. The van der Waals surface area contributed by atoms with E-state index in [2.05, 4.69) is 22.2 Å². The number of hydrogen-bond donors (Lipinski definition) is 1. The standard InChI is InChI=1S/C16H17ClFN3/c1-2-7-19-15-9-14(20-16(21-15)10-3-4-10)12-8-11(18)5-6-13(12)17/h5-6,8-10H,2-4,7H2,1H3,(H,19,20,21). The highest BCUT2D eigenvalue weighted by molar-refractivity contribution is 6.33. The summed E-state index contributed by atoms with van der Waals surface area (Å²) >= 11 is 6.19. The van der Waals surface area contributed by atoms with Crippen LogP contribution >= 0.6 is 11.6 Å². The third-order valence-electron chi connectivity index (χ3n) is 3.45. The minimum atomic E-state index is -0.316. The van der Waals surface area contributed by atoms with Crippen LogP contribution in [0, 0.1) is 5.82 Å². The van der Waals surface area contributed by atoms with Gasteiger partial charge in [-0.15, -0.1) is 0 Å². The fourth-order valence-electron chi connectivity index (χ4n) is 2.17. The van der Waals surface area contributed by atoms with Crippen molar-refractivity contribution >= 4 is 17.4 Å². The van der Waals surface area contributed by atoms with Crippen molar-refractivity contribution in [1.82, 2.24) is 9.97 Å². The zero-order valence-electron chi connectivity index (χ0n) is 11.9. The minimum Gasteiger partial charge on any atom is -0.370 e. The Hall–Kier alpha value is -1.68. The molecule has 0 spiro atoms. The molecule has 1 fully saturated rings. The van der Waals surface area contributed by atoms with Gasteiger partial charge in [0, 0.05) is 24.1 Å². The minimum absolute atomic E-state index is 0.316. The molecule has 3 rings (SSSR count). The first-order valence-corrected chi connectivity index (χ1v) is 7.63. The van der Waals surface area contributed by atoms with Crippen molar-refractivity contribution in [3.63, 3.8) is 0 Å². The molecule has 5 heteroatoms. The van der Waals surface area contributed by atoms with E-state index >= 15 is 0 Å². The molecule has 0 unspecified atom stereocenters. The zero-order chi connectivity index (χ0) is 14.8. The molecule has 1 aliphatic rings. The first-order chi connectivity index (χ1) is 10.2. The predicted molar refractivity (Wildman–Crippen MR) is 83.2 cm³/mol. The Morgan fingerprint density at radius 2 is 2.10 bits per heavy atom. The van der Waals surface area contributed by atoms with E-state index in [1.807, 2.05) is 6.07 Å². The molecule has 1 heterocycles. The summed E-state index contributed by atoms with van der Waals surface area (Å²) in [6, 6.07) is 6.17. The van der Waals surface area contributed by atoms with Crippen molar-refractivity contribution in [1.29, 1.82) is 0 Å². The Balaban J connectivity index is 2.03. The number of nitrogens with zero attached hydrogens (tertiary/aromatic N) is 2. The smallest absolute Gasteiger partial charge is 0.134 e. The molecule has 0 amide bonds. The molecule has 0 saturated heterocycles. The largest absolute Gasteiger partial charge is 0.370 e. The number of hydrogen-bond acceptors (Lipinski definition) is 3. The van der Waals surface area contributed by atoms with E-state index in [4.69, 9.17) is 11.6 Å². The summed E-state index contributed by atoms with van der Waals surface area (Å²) in [6.45, 7) is 2.94. The molecule has 3 nitrogen and oxygen atoms in total. The van der Waals surface area contributed by atoms with E-state index in [-0.39, 0.29) is 5.82 Å². The summed E-state index contributed by atoms with van der Waals surface area (Å²) in [7, 11) is 0. The molecule has 0 radical (unpaired) electrons. The number of aromatic nitrogens is 2. The molecule has 0 aliphatic heterocycles. The van der Waals surface area contributed by atoms with Crippen LogP contribution < -0.4 is 5.32 Å². The second-order valence-electron chi connectivity index (χ2n) is 5.32. The lowest BCUT2D eigenvalue weighted by Gasteiger charge is -2.10. The summed E-state index contributed by atoms with van der Waals surface area (Å²) in [5, 5.41) is 3.77. The van der Waals surface area contributed by atoms with E-state index in [9.17, 15) is 4.39 Å². The quantitative estimate of drug-likeness (QED) is 0.874. The fraction of sp³-hybridized carbons (Fsp3) is 0.375. The van der Waals surface area contributed by atoms with Crippen LogP contribution in [0.3, 0.4) is 0 Å². The van der Waals surface area contributed by atoms with Gasteiger partial charge in [0.15, 0.2) is 0 Å². The zero-order valence-corrected chi connectivity index (χ0v) is 12.6. The fourth-order valence-corrected chi connectivity index (χ4v) is 2.38. The van der Waals surface area contributed by atoms with E-state index in [1.54, 1.807) is 6.07 Å². The Labute approximate surface area is 128 Å². The van der Waals surface area contributed by atoms with Crippen LogP contribution in [0.1, 0.15) is 37.9 Å². The van der Waals surface area contributed by atoms with Crippen molar-refractivity contribution in [3.8, 4) is 11.3 Å². The van der Waals surface area contributed by atoms with Gasteiger partial charge in [-0.05, 0) is 37.5 Å². The van der Waals surface area contributed by atoms with Gasteiger partial charge < -0.3 is 5.32 Å². The van der Waals surface area contributed by atoms with Crippen LogP contribution in [0.2, 0.25) is 5.02 Å². The maximum absolute atomic E-state index is 13.5. The lowest BCUT2D eigenvalue weighted by atomic mass is 10.1. The number of halogens is 2. The molecule has 21 heavy (non-hydrogen) atoms. The lowest BCUT2D eigenvalue weighted by Crippen LogP contribution is -2.05. The molecule has 1 N–H and O–H groups in total. The predicted octanol–water partition coefficient (Wildman–Crippen LogP) is 4.64. The molecule has 2 aromatic rings. The van der Waals surface area contributed by atoms with Gasteiger partial charge in [0.05, 0.1) is 10.7 Å². The molecule has 1 aromatic carbocycles. The average molecular weight is 306 g/mol. The van der Waals surface area contributed by atoms with Crippen molar-refractivity contribution in [2.24, 2.45) is 0 Å². The van der Waals surface area contributed by atoms with Gasteiger partial charge in [0.2, 0.25) is 0 Å². The molecule has 1 saturated carbocycles. The van der Waals surface area contributed by atoms with Crippen molar-refractivity contribution in [2.75, 3.05) is 11.9 Å². The van der Waals surface area contributed by atoms with Gasteiger partial charge in [-0.1, -0.05) is 18.5 Å². The maximum Gasteiger partial charge on any atom is 0.134 e. The number of benzene rings is 1. The monoisotopic (exact) mass is 305 g/mol. The van der Waals surface area contributed by atoms with Crippen LogP contribution in [-0.2, 0) is 0 Å². The first-order valence-electron chi connectivity index (χ1n) is 7.25. The Morgan fingerprint density at radius 1 is 1.29 bits per heavy atom. The van der Waals surface area contributed by atoms with Gasteiger partial charge in [0.25, 0.3) is 0 Å². The van der Waals surface area contributed by atoms with Crippen LogP contribution in [0.15, 0.2) is 24.3 Å². The summed E-state index contributed by atoms with van der Waals surface area (Å²) in [4.78, 5) is 9.12. The SMILES string of the molecule is CCCNc1cc(-c2cc(F)ccc2Cl)nc(C2CC2)n1. The molecule has 1 aromatic heterocycles. The molecular weight excluding hydrogens is 289 g/mol. The first kappa shape index (κ1) is 14.3. The third kappa shape index (κ3) is 3.32. The Kier molecular flexibility index (Phi) is 4.06. The van der Waals surface area contributed by atoms with Gasteiger partial charge in [0.1, 0.15) is 17.5 Å². The molecular formula is C16H17ClFN3. The van der Waals surface area contributed by atoms with Gasteiger partial charge in [-0.3, -0.25) is 0 Å². The topological polar surface area (TPSA) is 37.8 Å². The van der Waals surface area contributed by atoms with E-state index in [1.165, 1.54) is 12.1 Å². The lowest BCUT2D eigenvalue weighted by molar-refractivity contribution is 0.628. The number of nitrogens with one attached hydrogen (secondary N) is 1. The van der Waals surface area contributed by atoms with Crippen molar-refractivity contribution in [3.05, 3.63) is 40.9 Å². The van der Waals surface area contributed by atoms with Crippen LogP contribution in [0.5, 0.6) is 0 Å². The number of rotatable bonds is 5. The Morgan fingerprint density at radius 3 is 2.81 bits per heavy atom. The highest BCUT2D eigenvalue weighted by Crippen LogP contribution is 2.39. The van der Waals surface area contributed by atoms with E-state index < -0.39 is 0 Å². The van der Waals surface area contributed by atoms with Gasteiger partial charge >= 0.3 is 0 Å². The molecule has 0 atom stereocenters. The van der Waals surface area contributed by atoms with Crippen LogP contribution in [-0.4, -0.2) is 16.5 Å². The van der Waals surface area contributed by atoms with Gasteiger partial charge in [-0.2, -0.15) is 0 Å². The third-order valence-corrected chi connectivity index (χ3v) is 3.78. The molecule has 1 aliphatic carbocycles. The Bertz CT molecular complexity index is 656.